The molecule has 0 aromatic heterocycles. The quantitative estimate of drug-likeness (QED) is 0.744. The SMILES string of the molecule is CC1(c2cc(Br)cc(C3CC3)c2)CC1(F)F. The van der Waals surface area contributed by atoms with Crippen molar-refractivity contribution >= 4 is 15.9 Å². The molecule has 1 aromatic rings. The van der Waals surface area contributed by atoms with Crippen LogP contribution in [0.4, 0.5) is 8.78 Å². The number of halogens is 3. The van der Waals surface area contributed by atoms with Crippen molar-refractivity contribution in [3.8, 4) is 0 Å². The Morgan fingerprint density at radius 3 is 2.38 bits per heavy atom. The summed E-state index contributed by atoms with van der Waals surface area (Å²) in [4.78, 5) is 0. The second-order valence-electron chi connectivity index (χ2n) is 5.26. The Balaban J connectivity index is 2.01. The monoisotopic (exact) mass is 286 g/mol. The molecule has 2 aliphatic rings. The normalized spacial score (nSPS) is 31.5. The second kappa shape index (κ2) is 3.06. The molecule has 0 aliphatic heterocycles. The summed E-state index contributed by atoms with van der Waals surface area (Å²) >= 11 is 3.42. The summed E-state index contributed by atoms with van der Waals surface area (Å²) in [6.07, 6.45) is 2.38. The van der Waals surface area contributed by atoms with Gasteiger partial charge in [-0.3, -0.25) is 0 Å². The van der Waals surface area contributed by atoms with Crippen molar-refractivity contribution < 1.29 is 8.78 Å². The van der Waals surface area contributed by atoms with Gasteiger partial charge in [-0.15, -0.1) is 0 Å². The predicted molar refractivity (Wildman–Crippen MR) is 63.0 cm³/mol. The van der Waals surface area contributed by atoms with E-state index < -0.39 is 11.3 Å². The summed E-state index contributed by atoms with van der Waals surface area (Å²) in [5, 5.41) is 0. The molecule has 16 heavy (non-hydrogen) atoms. The van der Waals surface area contributed by atoms with Crippen molar-refractivity contribution in [2.24, 2.45) is 0 Å². The summed E-state index contributed by atoms with van der Waals surface area (Å²) in [7, 11) is 0. The molecular formula is C13H13BrF2. The maximum Gasteiger partial charge on any atom is 0.258 e. The summed E-state index contributed by atoms with van der Waals surface area (Å²) in [6.45, 7) is 1.66. The minimum absolute atomic E-state index is 0.0133. The van der Waals surface area contributed by atoms with Gasteiger partial charge in [0.15, 0.2) is 0 Å². The van der Waals surface area contributed by atoms with Crippen LogP contribution in [0.25, 0.3) is 0 Å². The molecule has 0 radical (unpaired) electrons. The first-order valence-electron chi connectivity index (χ1n) is 5.61. The van der Waals surface area contributed by atoms with Crippen molar-refractivity contribution in [2.45, 2.75) is 43.4 Å². The molecule has 0 bridgehead atoms. The van der Waals surface area contributed by atoms with Crippen molar-refractivity contribution in [3.05, 3.63) is 33.8 Å². The highest BCUT2D eigenvalue weighted by molar-refractivity contribution is 9.10. The Labute approximate surface area is 102 Å². The molecule has 0 amide bonds. The molecule has 2 saturated carbocycles. The Bertz CT molecular complexity index is 451. The van der Waals surface area contributed by atoms with Gasteiger partial charge in [0.2, 0.25) is 0 Å². The minimum Gasteiger partial charge on any atom is -0.206 e. The van der Waals surface area contributed by atoms with E-state index in [4.69, 9.17) is 0 Å². The van der Waals surface area contributed by atoms with Crippen molar-refractivity contribution in [1.29, 1.82) is 0 Å². The van der Waals surface area contributed by atoms with E-state index in [0.717, 1.165) is 10.0 Å². The lowest BCUT2D eigenvalue weighted by Gasteiger charge is -2.13. The second-order valence-corrected chi connectivity index (χ2v) is 6.18. The first-order chi connectivity index (χ1) is 7.42. The van der Waals surface area contributed by atoms with Crippen LogP contribution in [0.3, 0.4) is 0 Å². The zero-order valence-electron chi connectivity index (χ0n) is 9.06. The first kappa shape index (κ1) is 10.7. The van der Waals surface area contributed by atoms with Gasteiger partial charge < -0.3 is 0 Å². The Morgan fingerprint density at radius 1 is 1.25 bits per heavy atom. The molecule has 3 heteroatoms. The lowest BCUT2D eigenvalue weighted by molar-refractivity contribution is 0.0920. The topological polar surface area (TPSA) is 0 Å². The smallest absolute Gasteiger partial charge is 0.206 e. The zero-order chi connectivity index (χ0) is 11.6. The van der Waals surface area contributed by atoms with Crippen LogP contribution < -0.4 is 0 Å². The van der Waals surface area contributed by atoms with Crippen LogP contribution in [0.1, 0.15) is 43.2 Å². The van der Waals surface area contributed by atoms with Crippen molar-refractivity contribution in [1.82, 2.24) is 0 Å². The standard InChI is InChI=1S/C13H13BrF2/c1-12(7-13(12,15)16)10-4-9(8-2-3-8)5-11(14)6-10/h4-6,8H,2-3,7H2,1H3. The van der Waals surface area contributed by atoms with Gasteiger partial charge in [0.1, 0.15) is 0 Å². The van der Waals surface area contributed by atoms with Crippen LogP contribution in [0.15, 0.2) is 22.7 Å². The fourth-order valence-corrected chi connectivity index (χ4v) is 2.81. The fraction of sp³-hybridized carbons (Fsp3) is 0.538. The number of hydrogen-bond donors (Lipinski definition) is 0. The van der Waals surface area contributed by atoms with Gasteiger partial charge in [-0.2, -0.15) is 0 Å². The molecule has 0 saturated heterocycles. The van der Waals surface area contributed by atoms with Gasteiger partial charge in [-0.1, -0.05) is 22.0 Å². The highest BCUT2D eigenvalue weighted by atomic mass is 79.9. The third-order valence-electron chi connectivity index (χ3n) is 3.86. The number of hydrogen-bond acceptors (Lipinski definition) is 0. The molecule has 3 rings (SSSR count). The molecule has 0 spiro atoms. The largest absolute Gasteiger partial charge is 0.258 e. The van der Waals surface area contributed by atoms with E-state index in [2.05, 4.69) is 22.0 Å². The Hall–Kier alpha value is -0.440. The third kappa shape index (κ3) is 1.52. The predicted octanol–water partition coefficient (Wildman–Crippen LogP) is 4.62. The van der Waals surface area contributed by atoms with E-state index in [0.29, 0.717) is 5.92 Å². The lowest BCUT2D eigenvalue weighted by Crippen LogP contribution is -2.11. The molecule has 2 aliphatic carbocycles. The highest BCUT2D eigenvalue weighted by Gasteiger charge is 2.68. The first-order valence-corrected chi connectivity index (χ1v) is 6.40. The van der Waals surface area contributed by atoms with E-state index in [-0.39, 0.29) is 6.42 Å². The molecule has 0 N–H and O–H groups in total. The van der Waals surface area contributed by atoms with Gasteiger partial charge in [-0.05, 0) is 48.9 Å². The van der Waals surface area contributed by atoms with Crippen molar-refractivity contribution in [2.75, 3.05) is 0 Å². The maximum atomic E-state index is 13.3. The zero-order valence-corrected chi connectivity index (χ0v) is 10.7. The molecule has 86 valence electrons. The van der Waals surface area contributed by atoms with Crippen LogP contribution in [0.5, 0.6) is 0 Å². The minimum atomic E-state index is -2.52. The molecule has 1 aromatic carbocycles. The van der Waals surface area contributed by atoms with Gasteiger partial charge in [0, 0.05) is 10.9 Å². The van der Waals surface area contributed by atoms with E-state index in [1.807, 2.05) is 12.1 Å². The lowest BCUT2D eigenvalue weighted by atomic mass is 9.94. The molecule has 1 atom stereocenters. The molecule has 0 heterocycles. The molecule has 2 fully saturated rings. The third-order valence-corrected chi connectivity index (χ3v) is 4.32. The highest BCUT2D eigenvalue weighted by Crippen LogP contribution is 2.61. The average Bonchev–Trinajstić information content (AvgIpc) is 3.04. The summed E-state index contributed by atoms with van der Waals surface area (Å²) < 4.78 is 27.6. The number of rotatable bonds is 2. The van der Waals surface area contributed by atoms with E-state index in [1.165, 1.54) is 18.4 Å². The fourth-order valence-electron chi connectivity index (χ4n) is 2.30. The van der Waals surface area contributed by atoms with Crippen LogP contribution in [0.2, 0.25) is 0 Å². The van der Waals surface area contributed by atoms with Gasteiger partial charge >= 0.3 is 0 Å². The number of benzene rings is 1. The summed E-state index contributed by atoms with van der Waals surface area (Å²) in [6, 6.07) is 5.88. The maximum absolute atomic E-state index is 13.3. The van der Waals surface area contributed by atoms with Crippen molar-refractivity contribution in [3.63, 3.8) is 0 Å². The van der Waals surface area contributed by atoms with Gasteiger partial charge in [0.25, 0.3) is 5.92 Å². The van der Waals surface area contributed by atoms with Crippen LogP contribution >= 0.6 is 15.9 Å². The van der Waals surface area contributed by atoms with E-state index in [9.17, 15) is 8.78 Å². The molecular weight excluding hydrogens is 274 g/mol. The van der Waals surface area contributed by atoms with Crippen LogP contribution in [0, 0.1) is 0 Å². The summed E-state index contributed by atoms with van der Waals surface area (Å²) in [5.74, 6) is -1.92. The van der Waals surface area contributed by atoms with Gasteiger partial charge in [-0.25, -0.2) is 8.78 Å². The summed E-state index contributed by atoms with van der Waals surface area (Å²) in [5.41, 5.74) is 1.07. The van der Waals surface area contributed by atoms with Gasteiger partial charge in [0.05, 0.1) is 5.41 Å². The Kier molecular flexibility index (Phi) is 2.05. The van der Waals surface area contributed by atoms with Crippen LogP contribution in [-0.4, -0.2) is 5.92 Å². The van der Waals surface area contributed by atoms with E-state index in [1.54, 1.807) is 6.92 Å². The van der Waals surface area contributed by atoms with E-state index >= 15 is 0 Å². The number of alkyl halides is 2. The van der Waals surface area contributed by atoms with Crippen LogP contribution in [-0.2, 0) is 5.41 Å². The molecule has 1 unspecified atom stereocenters. The molecule has 0 nitrogen and oxygen atoms in total. The average molecular weight is 287 g/mol. The Morgan fingerprint density at radius 2 is 1.88 bits per heavy atom.